The molecule has 2 N–H and O–H groups in total. The van der Waals surface area contributed by atoms with Gasteiger partial charge in [-0.25, -0.2) is 4.98 Å². The third-order valence-electron chi connectivity index (χ3n) is 1.90. The number of amidine groups is 1. The molecule has 0 aliphatic carbocycles. The van der Waals surface area contributed by atoms with Crippen molar-refractivity contribution < 1.29 is 0 Å². The van der Waals surface area contributed by atoms with E-state index in [9.17, 15) is 0 Å². The van der Waals surface area contributed by atoms with Gasteiger partial charge in [-0.1, -0.05) is 13.8 Å². The summed E-state index contributed by atoms with van der Waals surface area (Å²) in [6.07, 6.45) is 1.77. The van der Waals surface area contributed by atoms with Crippen molar-refractivity contribution in [2.75, 3.05) is 19.0 Å². The fourth-order valence-corrected chi connectivity index (χ4v) is 1.29. The third-order valence-corrected chi connectivity index (χ3v) is 1.90. The van der Waals surface area contributed by atoms with Crippen molar-refractivity contribution in [2.45, 2.75) is 13.8 Å². The molecule has 0 bridgehead atoms. The summed E-state index contributed by atoms with van der Waals surface area (Å²) in [5.41, 5.74) is 0.895. The summed E-state index contributed by atoms with van der Waals surface area (Å²) in [7, 11) is 3.71. The lowest BCUT2D eigenvalue weighted by atomic mass is 10.3. The van der Waals surface area contributed by atoms with Crippen molar-refractivity contribution in [3.63, 3.8) is 0 Å². The second kappa shape index (κ2) is 4.64. The summed E-state index contributed by atoms with van der Waals surface area (Å²) in [6.45, 7) is 4.71. The summed E-state index contributed by atoms with van der Waals surface area (Å²) in [6, 6.07) is 0. The van der Waals surface area contributed by atoms with Gasteiger partial charge in [0.05, 0.1) is 13.0 Å². The molecule has 1 aliphatic heterocycles. The average molecular weight is 195 g/mol. The van der Waals surface area contributed by atoms with Crippen molar-refractivity contribution in [3.05, 3.63) is 12.0 Å². The van der Waals surface area contributed by atoms with E-state index in [1.807, 2.05) is 25.5 Å². The van der Waals surface area contributed by atoms with Gasteiger partial charge in [0.25, 0.3) is 0 Å². The summed E-state index contributed by atoms with van der Waals surface area (Å²) < 4.78 is 1.95. The topological polar surface area (TPSA) is 54.2 Å². The van der Waals surface area contributed by atoms with Crippen LogP contribution in [0.25, 0.3) is 0 Å². The molecule has 0 amide bonds. The fourth-order valence-electron chi connectivity index (χ4n) is 1.29. The van der Waals surface area contributed by atoms with Gasteiger partial charge in [0.15, 0.2) is 5.84 Å². The van der Waals surface area contributed by atoms with E-state index in [1.54, 1.807) is 13.4 Å². The summed E-state index contributed by atoms with van der Waals surface area (Å²) in [4.78, 5) is 8.31. The smallest absolute Gasteiger partial charge is 0.152 e. The van der Waals surface area contributed by atoms with Gasteiger partial charge in [0.1, 0.15) is 11.5 Å². The highest BCUT2D eigenvalue weighted by Gasteiger charge is 2.17. The van der Waals surface area contributed by atoms with E-state index in [0.717, 1.165) is 17.3 Å². The molecule has 78 valence electrons. The Balaban J connectivity index is 0.000000461. The number of hydrogen-bond donors (Lipinski definition) is 2. The van der Waals surface area contributed by atoms with Gasteiger partial charge in [0.2, 0.25) is 0 Å². The van der Waals surface area contributed by atoms with Crippen molar-refractivity contribution in [2.24, 2.45) is 12.0 Å². The van der Waals surface area contributed by atoms with Crippen molar-refractivity contribution in [1.82, 2.24) is 14.9 Å². The normalized spacial score (nSPS) is 16.1. The number of nitrogens with zero attached hydrogens (tertiary/aromatic N) is 3. The first-order chi connectivity index (χ1) is 6.83. The van der Waals surface area contributed by atoms with E-state index in [-0.39, 0.29) is 0 Å². The standard InChI is InChI=1S/C7H11N5.C2H6/c1-8-6-5-7(10-3-9-6)12(2)4-11-5;1-2/h4,10H,3H2,1-2H3,(H,8,9);1-2H3. The lowest BCUT2D eigenvalue weighted by Crippen LogP contribution is -2.36. The zero-order valence-electron chi connectivity index (χ0n) is 9.13. The van der Waals surface area contributed by atoms with Crippen LogP contribution >= 0.6 is 0 Å². The molecule has 1 aromatic rings. The monoisotopic (exact) mass is 195 g/mol. The molecule has 0 atom stereocenters. The lowest BCUT2D eigenvalue weighted by Gasteiger charge is -2.17. The molecule has 14 heavy (non-hydrogen) atoms. The first-order valence-electron chi connectivity index (χ1n) is 4.79. The minimum absolute atomic E-state index is 0.708. The van der Waals surface area contributed by atoms with Crippen LogP contribution in [-0.2, 0) is 7.05 Å². The first-order valence-corrected chi connectivity index (χ1v) is 4.79. The van der Waals surface area contributed by atoms with Crippen LogP contribution in [-0.4, -0.2) is 29.1 Å². The maximum atomic E-state index is 4.22. The predicted molar refractivity (Wildman–Crippen MR) is 58.6 cm³/mol. The zero-order chi connectivity index (χ0) is 10.6. The zero-order valence-corrected chi connectivity index (χ0v) is 9.13. The maximum Gasteiger partial charge on any atom is 0.152 e. The molecule has 0 spiro atoms. The average Bonchev–Trinajstić information content (AvgIpc) is 2.64. The van der Waals surface area contributed by atoms with Crippen LogP contribution in [0.15, 0.2) is 11.3 Å². The molecule has 5 nitrogen and oxygen atoms in total. The van der Waals surface area contributed by atoms with Gasteiger partial charge in [-0.15, -0.1) is 0 Å². The van der Waals surface area contributed by atoms with Crippen LogP contribution in [0.5, 0.6) is 0 Å². The Morgan fingerprint density at radius 3 is 2.79 bits per heavy atom. The molecule has 0 unspecified atom stereocenters. The molecule has 0 saturated carbocycles. The van der Waals surface area contributed by atoms with Crippen LogP contribution in [0.3, 0.4) is 0 Å². The van der Waals surface area contributed by atoms with Gasteiger partial charge in [0, 0.05) is 14.1 Å². The molecule has 0 fully saturated rings. The molecule has 2 heterocycles. The lowest BCUT2D eigenvalue weighted by molar-refractivity contribution is 0.873. The molecule has 0 aromatic carbocycles. The number of hydrogen-bond acceptors (Lipinski definition) is 3. The first kappa shape index (κ1) is 10.6. The second-order valence-electron chi connectivity index (χ2n) is 2.66. The highest BCUT2D eigenvalue weighted by atomic mass is 15.2. The highest BCUT2D eigenvalue weighted by molar-refractivity contribution is 6.02. The molecular weight excluding hydrogens is 178 g/mol. The number of nitrogens with one attached hydrogen (secondary N) is 2. The molecule has 0 radical (unpaired) electrons. The highest BCUT2D eigenvalue weighted by Crippen LogP contribution is 2.15. The summed E-state index contributed by atoms with van der Waals surface area (Å²) >= 11 is 0. The van der Waals surface area contributed by atoms with Gasteiger partial charge in [-0.3, -0.25) is 4.99 Å². The SMILES string of the molecule is CC.CN=C1NCNc2c1ncn2C. The van der Waals surface area contributed by atoms with Crippen molar-refractivity contribution in [3.8, 4) is 0 Å². The number of anilines is 1. The molecule has 1 aliphatic rings. The number of rotatable bonds is 0. The van der Waals surface area contributed by atoms with Gasteiger partial charge >= 0.3 is 0 Å². The minimum atomic E-state index is 0.708. The molecular formula is C9H17N5. The van der Waals surface area contributed by atoms with E-state index in [4.69, 9.17) is 0 Å². The van der Waals surface area contributed by atoms with E-state index in [1.165, 1.54) is 0 Å². The van der Waals surface area contributed by atoms with Crippen LogP contribution in [0.4, 0.5) is 5.82 Å². The van der Waals surface area contributed by atoms with E-state index < -0.39 is 0 Å². The van der Waals surface area contributed by atoms with E-state index in [0.29, 0.717) is 6.67 Å². The Morgan fingerprint density at radius 1 is 1.43 bits per heavy atom. The maximum absolute atomic E-state index is 4.22. The van der Waals surface area contributed by atoms with Gasteiger partial charge in [-0.2, -0.15) is 0 Å². The Kier molecular flexibility index (Phi) is 3.50. The number of fused-ring (bicyclic) bond motifs is 1. The number of imidazole rings is 1. The molecule has 0 saturated heterocycles. The van der Waals surface area contributed by atoms with E-state index >= 15 is 0 Å². The Bertz CT molecular complexity index is 326. The van der Waals surface area contributed by atoms with E-state index in [2.05, 4.69) is 20.6 Å². The number of aliphatic imine (C=N–C) groups is 1. The van der Waals surface area contributed by atoms with Gasteiger partial charge in [-0.05, 0) is 0 Å². The Labute approximate surface area is 84.3 Å². The molecule has 5 heteroatoms. The second-order valence-corrected chi connectivity index (χ2v) is 2.66. The predicted octanol–water partition coefficient (Wildman–Crippen LogP) is 0.795. The third kappa shape index (κ3) is 1.71. The molecule has 2 rings (SSSR count). The summed E-state index contributed by atoms with van der Waals surface area (Å²) in [5.74, 6) is 1.87. The molecule has 1 aromatic heterocycles. The van der Waals surface area contributed by atoms with Crippen LogP contribution < -0.4 is 10.6 Å². The van der Waals surface area contributed by atoms with Crippen LogP contribution in [0, 0.1) is 0 Å². The summed E-state index contributed by atoms with van der Waals surface area (Å²) in [5, 5.41) is 6.29. The number of aryl methyl sites for hydroxylation is 1. The quantitative estimate of drug-likeness (QED) is 0.643. The fraction of sp³-hybridized carbons (Fsp3) is 0.556. The Hall–Kier alpha value is -1.52. The largest absolute Gasteiger partial charge is 0.352 e. The van der Waals surface area contributed by atoms with Crippen LogP contribution in [0.1, 0.15) is 19.5 Å². The van der Waals surface area contributed by atoms with Crippen molar-refractivity contribution >= 4 is 11.7 Å². The van der Waals surface area contributed by atoms with Crippen LogP contribution in [0.2, 0.25) is 0 Å². The van der Waals surface area contributed by atoms with Gasteiger partial charge < -0.3 is 15.2 Å². The minimum Gasteiger partial charge on any atom is -0.352 e. The number of aromatic nitrogens is 2. The Morgan fingerprint density at radius 2 is 2.14 bits per heavy atom. The van der Waals surface area contributed by atoms with Crippen molar-refractivity contribution in [1.29, 1.82) is 0 Å².